The van der Waals surface area contributed by atoms with Crippen LogP contribution in [-0.4, -0.2) is 36.4 Å². The van der Waals surface area contributed by atoms with Gasteiger partial charge >= 0.3 is 0 Å². The first-order valence-corrected chi connectivity index (χ1v) is 9.44. The van der Waals surface area contributed by atoms with Crippen LogP contribution in [0.4, 0.5) is 4.39 Å². The summed E-state index contributed by atoms with van der Waals surface area (Å²) < 4.78 is 18.7. The Morgan fingerprint density at radius 2 is 1.86 bits per heavy atom. The van der Waals surface area contributed by atoms with Gasteiger partial charge in [0.25, 0.3) is 5.91 Å². The van der Waals surface area contributed by atoms with Gasteiger partial charge in [-0.1, -0.05) is 42.3 Å². The zero-order valence-electron chi connectivity index (χ0n) is 15.5. The Balaban J connectivity index is 2.19. The van der Waals surface area contributed by atoms with Crippen LogP contribution in [0.3, 0.4) is 0 Å². The van der Waals surface area contributed by atoms with Crippen LogP contribution in [0.1, 0.15) is 18.9 Å². The summed E-state index contributed by atoms with van der Waals surface area (Å²) in [5.74, 6) is -0.747. The Hall–Kier alpha value is -2.31. The summed E-state index contributed by atoms with van der Waals surface area (Å²) >= 11 is 11.9. The molecule has 0 bridgehead atoms. The molecule has 1 unspecified atom stereocenters. The molecule has 1 N–H and O–H groups in total. The highest BCUT2D eigenvalue weighted by Gasteiger charge is 2.28. The van der Waals surface area contributed by atoms with E-state index in [-0.39, 0.29) is 29.9 Å². The molecule has 2 rings (SSSR count). The second-order valence-electron chi connectivity index (χ2n) is 6.05. The second kappa shape index (κ2) is 10.3. The summed E-state index contributed by atoms with van der Waals surface area (Å²) in [4.78, 5) is 26.5. The first kappa shape index (κ1) is 22.0. The quantitative estimate of drug-likeness (QED) is 0.691. The second-order valence-corrected chi connectivity index (χ2v) is 6.89. The molecule has 0 spiro atoms. The van der Waals surface area contributed by atoms with Gasteiger partial charge in [0.1, 0.15) is 17.6 Å². The maximum Gasteiger partial charge on any atom is 0.261 e. The lowest BCUT2D eigenvalue weighted by molar-refractivity contribution is -0.142. The van der Waals surface area contributed by atoms with Crippen molar-refractivity contribution < 1.29 is 18.7 Å². The number of benzene rings is 2. The van der Waals surface area contributed by atoms with Gasteiger partial charge in [0, 0.05) is 18.6 Å². The lowest BCUT2D eigenvalue weighted by atomic mass is 10.1. The average Bonchev–Trinajstić information content (AvgIpc) is 2.68. The molecule has 28 heavy (non-hydrogen) atoms. The van der Waals surface area contributed by atoms with Crippen LogP contribution in [0.25, 0.3) is 0 Å². The van der Waals surface area contributed by atoms with Crippen LogP contribution in [0.15, 0.2) is 42.5 Å². The zero-order chi connectivity index (χ0) is 20.7. The summed E-state index contributed by atoms with van der Waals surface area (Å²) in [7, 11) is 1.51. The third kappa shape index (κ3) is 5.84. The van der Waals surface area contributed by atoms with Gasteiger partial charge in [0.15, 0.2) is 6.61 Å². The third-order valence-corrected chi connectivity index (χ3v) is 4.67. The molecule has 5 nitrogen and oxygen atoms in total. The predicted molar refractivity (Wildman–Crippen MR) is 107 cm³/mol. The van der Waals surface area contributed by atoms with Gasteiger partial charge in [0.05, 0.1) is 5.02 Å². The number of amides is 2. The minimum atomic E-state index is -0.688. The molecule has 0 aliphatic carbocycles. The van der Waals surface area contributed by atoms with E-state index in [0.717, 1.165) is 0 Å². The Bertz CT molecular complexity index is 831. The third-order valence-electron chi connectivity index (χ3n) is 4.14. The van der Waals surface area contributed by atoms with Gasteiger partial charge in [-0.15, -0.1) is 0 Å². The molecular formula is C20H21Cl2FN2O3. The molecule has 2 amide bonds. The molecule has 8 heteroatoms. The van der Waals surface area contributed by atoms with Crippen molar-refractivity contribution in [1.29, 1.82) is 0 Å². The SMILES string of the molecule is CCC(C(=O)NC)N(Cc1ccc(F)cc1)C(=O)COc1ccc(Cl)cc1Cl. The maximum absolute atomic E-state index is 13.2. The summed E-state index contributed by atoms with van der Waals surface area (Å²) in [6.07, 6.45) is 0.411. The molecule has 0 aromatic heterocycles. The monoisotopic (exact) mass is 426 g/mol. The number of nitrogens with one attached hydrogen (secondary N) is 1. The Kier molecular flexibility index (Phi) is 8.08. The number of carbonyl (C=O) groups is 2. The van der Waals surface area contributed by atoms with Crippen LogP contribution >= 0.6 is 23.2 Å². The number of rotatable bonds is 8. The molecular weight excluding hydrogens is 406 g/mol. The van der Waals surface area contributed by atoms with E-state index in [1.165, 1.54) is 30.1 Å². The fourth-order valence-electron chi connectivity index (χ4n) is 2.69. The standard InChI is InChI=1S/C20H21Cl2FN2O3/c1-3-17(20(27)24-2)25(11-13-4-7-15(23)8-5-13)19(26)12-28-18-9-6-14(21)10-16(18)22/h4-10,17H,3,11-12H2,1-2H3,(H,24,27). The molecule has 0 saturated heterocycles. The van der Waals surface area contributed by atoms with Gasteiger partial charge in [-0.05, 0) is 42.3 Å². The number of hydrogen-bond donors (Lipinski definition) is 1. The lowest BCUT2D eigenvalue weighted by Gasteiger charge is -2.30. The molecule has 0 radical (unpaired) electrons. The highest BCUT2D eigenvalue weighted by molar-refractivity contribution is 6.35. The van der Waals surface area contributed by atoms with Crippen LogP contribution in [0.2, 0.25) is 10.0 Å². The summed E-state index contributed by atoms with van der Waals surface area (Å²) in [5.41, 5.74) is 0.696. The summed E-state index contributed by atoms with van der Waals surface area (Å²) in [6.45, 7) is 1.64. The van der Waals surface area contributed by atoms with Gasteiger partial charge in [0.2, 0.25) is 5.91 Å². The minimum Gasteiger partial charge on any atom is -0.482 e. The number of nitrogens with zero attached hydrogens (tertiary/aromatic N) is 1. The van der Waals surface area contributed by atoms with E-state index >= 15 is 0 Å². The van der Waals surface area contributed by atoms with Crippen LogP contribution < -0.4 is 10.1 Å². The van der Waals surface area contributed by atoms with Crippen molar-refractivity contribution in [3.8, 4) is 5.75 Å². The zero-order valence-corrected chi connectivity index (χ0v) is 17.1. The number of hydrogen-bond acceptors (Lipinski definition) is 3. The van der Waals surface area contributed by atoms with Gasteiger partial charge < -0.3 is 15.0 Å². The minimum absolute atomic E-state index is 0.142. The normalized spacial score (nSPS) is 11.6. The Morgan fingerprint density at radius 3 is 2.43 bits per heavy atom. The maximum atomic E-state index is 13.2. The van der Waals surface area contributed by atoms with Crippen LogP contribution in [0.5, 0.6) is 5.75 Å². The molecule has 0 aliphatic heterocycles. The first-order chi connectivity index (χ1) is 13.3. The van der Waals surface area contributed by atoms with Crippen LogP contribution in [0, 0.1) is 5.82 Å². The van der Waals surface area contributed by atoms with Crippen molar-refractivity contribution in [2.75, 3.05) is 13.7 Å². The Morgan fingerprint density at radius 1 is 1.18 bits per heavy atom. The van der Waals surface area contributed by atoms with Crippen molar-refractivity contribution in [3.05, 3.63) is 63.9 Å². The van der Waals surface area contributed by atoms with Crippen LogP contribution in [-0.2, 0) is 16.1 Å². The van der Waals surface area contributed by atoms with Crippen molar-refractivity contribution in [2.45, 2.75) is 25.9 Å². The molecule has 1 atom stereocenters. The molecule has 2 aromatic carbocycles. The van der Waals surface area contributed by atoms with Crippen molar-refractivity contribution >= 4 is 35.0 Å². The highest BCUT2D eigenvalue weighted by atomic mass is 35.5. The molecule has 150 valence electrons. The topological polar surface area (TPSA) is 58.6 Å². The summed E-state index contributed by atoms with van der Waals surface area (Å²) in [6, 6.07) is 9.75. The van der Waals surface area contributed by atoms with E-state index in [1.807, 2.05) is 6.92 Å². The fourth-order valence-corrected chi connectivity index (χ4v) is 3.15. The number of carbonyl (C=O) groups excluding carboxylic acids is 2. The van der Waals surface area contributed by atoms with E-state index in [0.29, 0.717) is 22.8 Å². The van der Waals surface area contributed by atoms with E-state index in [9.17, 15) is 14.0 Å². The largest absolute Gasteiger partial charge is 0.482 e. The summed E-state index contributed by atoms with van der Waals surface area (Å²) in [5, 5.41) is 3.30. The smallest absolute Gasteiger partial charge is 0.261 e. The van der Waals surface area contributed by atoms with E-state index in [1.54, 1.807) is 24.3 Å². The van der Waals surface area contributed by atoms with Crippen molar-refractivity contribution in [3.63, 3.8) is 0 Å². The van der Waals surface area contributed by atoms with Gasteiger partial charge in [-0.25, -0.2) is 4.39 Å². The van der Waals surface area contributed by atoms with Crippen molar-refractivity contribution in [2.24, 2.45) is 0 Å². The molecule has 2 aromatic rings. The van der Waals surface area contributed by atoms with Gasteiger partial charge in [-0.3, -0.25) is 9.59 Å². The number of ether oxygens (including phenoxy) is 1. The molecule has 0 saturated carbocycles. The fraction of sp³-hybridized carbons (Fsp3) is 0.300. The van der Waals surface area contributed by atoms with E-state index in [4.69, 9.17) is 27.9 Å². The van der Waals surface area contributed by atoms with Crippen molar-refractivity contribution in [1.82, 2.24) is 10.2 Å². The molecule has 0 aliphatic rings. The lowest BCUT2D eigenvalue weighted by Crippen LogP contribution is -2.49. The molecule has 0 fully saturated rings. The van der Waals surface area contributed by atoms with Gasteiger partial charge in [-0.2, -0.15) is 0 Å². The molecule has 0 heterocycles. The first-order valence-electron chi connectivity index (χ1n) is 8.69. The average molecular weight is 427 g/mol. The Labute approximate surface area is 173 Å². The predicted octanol–water partition coefficient (Wildman–Crippen LogP) is 4.06. The number of halogens is 3. The highest BCUT2D eigenvalue weighted by Crippen LogP contribution is 2.27. The van der Waals surface area contributed by atoms with E-state index < -0.39 is 11.9 Å². The number of likely N-dealkylation sites (N-methyl/N-ethyl adjacent to an activating group) is 1. The van der Waals surface area contributed by atoms with E-state index in [2.05, 4.69) is 5.32 Å².